The monoisotopic (exact) mass is 251 g/mol. The molecule has 102 valence electrons. The summed E-state index contributed by atoms with van der Waals surface area (Å²) in [6, 6.07) is 0.101. The number of hydrogen-bond acceptors (Lipinski definition) is 4. The van der Waals surface area contributed by atoms with Gasteiger partial charge in [0, 0.05) is 12.0 Å². The Labute approximate surface area is 109 Å². The van der Waals surface area contributed by atoms with Crippen LogP contribution in [0.5, 0.6) is 0 Å². The summed E-state index contributed by atoms with van der Waals surface area (Å²) in [4.78, 5) is 4.58. The third-order valence-electron chi connectivity index (χ3n) is 4.26. The zero-order valence-electron chi connectivity index (χ0n) is 11.7. The molecular weight excluding hydrogens is 226 g/mol. The molecule has 2 rings (SSSR count). The van der Waals surface area contributed by atoms with Crippen molar-refractivity contribution < 1.29 is 4.52 Å². The molecule has 1 fully saturated rings. The Morgan fingerprint density at radius 2 is 2.22 bits per heavy atom. The fraction of sp³-hybridized carbons (Fsp3) is 0.857. The molecule has 2 N–H and O–H groups in total. The summed E-state index contributed by atoms with van der Waals surface area (Å²) in [5.74, 6) is 3.01. The van der Waals surface area contributed by atoms with Crippen molar-refractivity contribution in [3.63, 3.8) is 0 Å². The van der Waals surface area contributed by atoms with Crippen LogP contribution in [0.4, 0.5) is 0 Å². The second kappa shape index (κ2) is 5.83. The second-order valence-electron chi connectivity index (χ2n) is 5.82. The van der Waals surface area contributed by atoms with E-state index in [-0.39, 0.29) is 12.0 Å². The lowest BCUT2D eigenvalue weighted by atomic mass is 9.82. The Kier molecular flexibility index (Phi) is 4.38. The fourth-order valence-electron chi connectivity index (χ4n) is 2.80. The number of hydrogen-bond donors (Lipinski definition) is 1. The van der Waals surface area contributed by atoms with Crippen molar-refractivity contribution in [1.82, 2.24) is 10.1 Å². The van der Waals surface area contributed by atoms with Gasteiger partial charge in [0.1, 0.15) is 0 Å². The van der Waals surface area contributed by atoms with Gasteiger partial charge in [0.25, 0.3) is 0 Å². The van der Waals surface area contributed by atoms with Crippen LogP contribution in [0, 0.1) is 5.92 Å². The highest BCUT2D eigenvalue weighted by Crippen LogP contribution is 2.35. The molecule has 4 heteroatoms. The van der Waals surface area contributed by atoms with E-state index >= 15 is 0 Å². The van der Waals surface area contributed by atoms with Gasteiger partial charge in [0.15, 0.2) is 5.82 Å². The first-order valence-electron chi connectivity index (χ1n) is 7.20. The standard InChI is InChI=1S/C14H25N3O/c1-4-12(15)10(3)14-16-13(17-18-14)11-7-5-6-9(2)8-11/h9-12H,4-8,15H2,1-3H3. The van der Waals surface area contributed by atoms with Crippen molar-refractivity contribution in [2.24, 2.45) is 11.7 Å². The fourth-order valence-corrected chi connectivity index (χ4v) is 2.80. The number of rotatable bonds is 4. The van der Waals surface area contributed by atoms with Gasteiger partial charge >= 0.3 is 0 Å². The van der Waals surface area contributed by atoms with Crippen LogP contribution in [-0.2, 0) is 0 Å². The van der Waals surface area contributed by atoms with E-state index in [2.05, 4.69) is 30.9 Å². The molecule has 0 amide bonds. The molecule has 1 saturated carbocycles. The number of nitrogens with two attached hydrogens (primary N) is 1. The lowest BCUT2D eigenvalue weighted by molar-refractivity contribution is 0.312. The van der Waals surface area contributed by atoms with Crippen molar-refractivity contribution in [3.8, 4) is 0 Å². The maximum absolute atomic E-state index is 6.03. The Morgan fingerprint density at radius 3 is 2.89 bits per heavy atom. The van der Waals surface area contributed by atoms with Crippen LogP contribution in [0.2, 0.25) is 0 Å². The summed E-state index contributed by atoms with van der Waals surface area (Å²) in [5.41, 5.74) is 6.03. The third kappa shape index (κ3) is 2.91. The van der Waals surface area contributed by atoms with Crippen LogP contribution < -0.4 is 5.73 Å². The molecule has 1 aromatic heterocycles. The molecule has 0 spiro atoms. The molecule has 1 aliphatic rings. The first-order chi connectivity index (χ1) is 8.61. The Hall–Kier alpha value is -0.900. The van der Waals surface area contributed by atoms with E-state index in [0.717, 1.165) is 18.2 Å². The van der Waals surface area contributed by atoms with Crippen LogP contribution in [0.25, 0.3) is 0 Å². The lowest BCUT2D eigenvalue weighted by Crippen LogP contribution is -2.25. The summed E-state index contributed by atoms with van der Waals surface area (Å²) in [6.45, 7) is 6.46. The van der Waals surface area contributed by atoms with E-state index in [0.29, 0.717) is 11.8 Å². The summed E-state index contributed by atoms with van der Waals surface area (Å²) < 4.78 is 5.40. The van der Waals surface area contributed by atoms with E-state index in [4.69, 9.17) is 10.3 Å². The van der Waals surface area contributed by atoms with Gasteiger partial charge in [-0.2, -0.15) is 4.98 Å². The highest BCUT2D eigenvalue weighted by atomic mass is 16.5. The minimum absolute atomic E-state index is 0.101. The van der Waals surface area contributed by atoms with E-state index in [1.807, 2.05) is 0 Å². The third-order valence-corrected chi connectivity index (χ3v) is 4.26. The van der Waals surface area contributed by atoms with Crippen molar-refractivity contribution >= 4 is 0 Å². The Morgan fingerprint density at radius 1 is 1.44 bits per heavy atom. The zero-order chi connectivity index (χ0) is 13.1. The molecule has 4 unspecified atom stereocenters. The summed E-state index contributed by atoms with van der Waals surface area (Å²) in [5, 5.41) is 4.17. The lowest BCUT2D eigenvalue weighted by Gasteiger charge is -2.23. The molecule has 18 heavy (non-hydrogen) atoms. The predicted octanol–water partition coefficient (Wildman–Crippen LogP) is 3.20. The van der Waals surface area contributed by atoms with Gasteiger partial charge in [-0.1, -0.05) is 38.8 Å². The summed E-state index contributed by atoms with van der Waals surface area (Å²) >= 11 is 0. The highest BCUT2D eigenvalue weighted by Gasteiger charge is 2.26. The maximum Gasteiger partial charge on any atom is 0.231 e. The minimum Gasteiger partial charge on any atom is -0.339 e. The van der Waals surface area contributed by atoms with Crippen molar-refractivity contribution in [1.29, 1.82) is 0 Å². The molecule has 0 radical (unpaired) electrons. The SMILES string of the molecule is CCC(N)C(C)c1nc(C2CCCC(C)C2)no1. The summed E-state index contributed by atoms with van der Waals surface area (Å²) in [6.07, 6.45) is 5.92. The van der Waals surface area contributed by atoms with Crippen LogP contribution in [-0.4, -0.2) is 16.2 Å². The first kappa shape index (κ1) is 13.5. The van der Waals surface area contributed by atoms with Crippen molar-refractivity contribution in [2.75, 3.05) is 0 Å². The molecule has 1 aliphatic carbocycles. The maximum atomic E-state index is 6.03. The van der Waals surface area contributed by atoms with Crippen molar-refractivity contribution in [3.05, 3.63) is 11.7 Å². The Bertz CT molecular complexity index is 377. The number of nitrogens with zero attached hydrogens (tertiary/aromatic N) is 2. The number of aromatic nitrogens is 2. The van der Waals surface area contributed by atoms with Crippen LogP contribution in [0.3, 0.4) is 0 Å². The topological polar surface area (TPSA) is 64.9 Å². The average molecular weight is 251 g/mol. The van der Waals surface area contributed by atoms with E-state index in [1.165, 1.54) is 25.7 Å². The molecular formula is C14H25N3O. The van der Waals surface area contributed by atoms with Gasteiger partial charge in [-0.15, -0.1) is 0 Å². The van der Waals surface area contributed by atoms with Gasteiger partial charge in [0.2, 0.25) is 5.89 Å². The normalized spacial score (nSPS) is 28.0. The minimum atomic E-state index is 0.101. The van der Waals surface area contributed by atoms with Gasteiger partial charge in [-0.3, -0.25) is 0 Å². The molecule has 1 heterocycles. The van der Waals surface area contributed by atoms with Gasteiger partial charge < -0.3 is 10.3 Å². The highest BCUT2D eigenvalue weighted by molar-refractivity contribution is 5.02. The van der Waals surface area contributed by atoms with Gasteiger partial charge in [0.05, 0.1) is 5.92 Å². The van der Waals surface area contributed by atoms with Gasteiger partial charge in [-0.25, -0.2) is 0 Å². The van der Waals surface area contributed by atoms with Crippen LogP contribution >= 0.6 is 0 Å². The smallest absolute Gasteiger partial charge is 0.231 e. The van der Waals surface area contributed by atoms with Crippen LogP contribution in [0.1, 0.15) is 76.4 Å². The van der Waals surface area contributed by atoms with E-state index in [9.17, 15) is 0 Å². The zero-order valence-corrected chi connectivity index (χ0v) is 11.7. The Balaban J connectivity index is 2.05. The molecule has 1 aromatic rings. The summed E-state index contributed by atoms with van der Waals surface area (Å²) in [7, 11) is 0. The first-order valence-corrected chi connectivity index (χ1v) is 7.20. The van der Waals surface area contributed by atoms with Crippen LogP contribution in [0.15, 0.2) is 4.52 Å². The molecule has 0 bridgehead atoms. The van der Waals surface area contributed by atoms with E-state index < -0.39 is 0 Å². The van der Waals surface area contributed by atoms with E-state index in [1.54, 1.807) is 0 Å². The molecule has 0 aliphatic heterocycles. The van der Waals surface area contributed by atoms with Gasteiger partial charge in [-0.05, 0) is 25.2 Å². The predicted molar refractivity (Wildman–Crippen MR) is 71.4 cm³/mol. The molecule has 0 aromatic carbocycles. The quantitative estimate of drug-likeness (QED) is 0.892. The van der Waals surface area contributed by atoms with Crippen molar-refractivity contribution in [2.45, 2.75) is 70.8 Å². The molecule has 4 nitrogen and oxygen atoms in total. The molecule has 0 saturated heterocycles. The average Bonchev–Trinajstić information content (AvgIpc) is 2.86. The largest absolute Gasteiger partial charge is 0.339 e. The second-order valence-corrected chi connectivity index (χ2v) is 5.82. The molecule has 4 atom stereocenters.